The summed E-state index contributed by atoms with van der Waals surface area (Å²) in [6, 6.07) is 10.8. The van der Waals surface area contributed by atoms with E-state index in [1.807, 2.05) is 0 Å². The molecule has 0 saturated heterocycles. The Kier molecular flexibility index (Phi) is 2.90. The highest BCUT2D eigenvalue weighted by Crippen LogP contribution is 2.29. The maximum absolute atomic E-state index is 14.7. The van der Waals surface area contributed by atoms with Gasteiger partial charge in [0.2, 0.25) is 0 Å². The molecule has 6 heteroatoms. The first-order valence-corrected chi connectivity index (χ1v) is 6.87. The number of H-pyrrole nitrogens is 1. The van der Waals surface area contributed by atoms with Gasteiger partial charge in [0.15, 0.2) is 0 Å². The maximum atomic E-state index is 14.7. The normalized spacial score (nSPS) is 11.2. The number of aromatic nitrogens is 3. The fourth-order valence-corrected chi connectivity index (χ4v) is 2.57. The standard InChI is InChI=1S/C17H9F2N3O/c18-11-8-13-9(5-3-7-20-13)15(19)14(11)16-21-12-6-2-1-4-10(12)17(23)22-16/h1-8H,(H,21,22,23). The van der Waals surface area contributed by atoms with E-state index in [-0.39, 0.29) is 22.3 Å². The Hall–Kier alpha value is -3.15. The van der Waals surface area contributed by atoms with Crippen LogP contribution < -0.4 is 5.56 Å². The van der Waals surface area contributed by atoms with Gasteiger partial charge in [-0.15, -0.1) is 0 Å². The molecule has 0 amide bonds. The molecule has 4 rings (SSSR count). The van der Waals surface area contributed by atoms with E-state index in [9.17, 15) is 13.6 Å². The van der Waals surface area contributed by atoms with E-state index >= 15 is 0 Å². The molecule has 0 saturated carbocycles. The van der Waals surface area contributed by atoms with Gasteiger partial charge in [-0.1, -0.05) is 12.1 Å². The van der Waals surface area contributed by atoms with Gasteiger partial charge >= 0.3 is 0 Å². The monoisotopic (exact) mass is 309 g/mol. The van der Waals surface area contributed by atoms with E-state index in [4.69, 9.17) is 0 Å². The molecule has 2 aromatic heterocycles. The summed E-state index contributed by atoms with van der Waals surface area (Å²) in [5, 5.41) is 0.527. The molecular weight excluding hydrogens is 300 g/mol. The lowest BCUT2D eigenvalue weighted by Gasteiger charge is -2.08. The molecule has 2 aromatic carbocycles. The van der Waals surface area contributed by atoms with E-state index in [2.05, 4.69) is 15.0 Å². The highest BCUT2D eigenvalue weighted by Gasteiger charge is 2.18. The Bertz CT molecular complexity index is 1120. The maximum Gasteiger partial charge on any atom is 0.259 e. The molecular formula is C17H9F2N3O. The summed E-state index contributed by atoms with van der Waals surface area (Å²) in [4.78, 5) is 22.7. The summed E-state index contributed by atoms with van der Waals surface area (Å²) < 4.78 is 29.1. The second kappa shape index (κ2) is 4.95. The van der Waals surface area contributed by atoms with Crippen molar-refractivity contribution < 1.29 is 8.78 Å². The van der Waals surface area contributed by atoms with E-state index in [1.54, 1.807) is 30.3 Å². The van der Waals surface area contributed by atoms with E-state index in [0.29, 0.717) is 10.9 Å². The number of para-hydroxylation sites is 1. The van der Waals surface area contributed by atoms with Crippen LogP contribution in [-0.2, 0) is 0 Å². The SMILES string of the molecule is O=c1[nH]c(-c2c(F)cc3ncccc3c2F)nc2ccccc12. The predicted molar refractivity (Wildman–Crippen MR) is 83.0 cm³/mol. The third-order valence-electron chi connectivity index (χ3n) is 3.65. The number of pyridine rings is 1. The lowest BCUT2D eigenvalue weighted by Crippen LogP contribution is -2.10. The first kappa shape index (κ1) is 13.5. The number of nitrogens with one attached hydrogen (secondary N) is 1. The van der Waals surface area contributed by atoms with Gasteiger partial charge < -0.3 is 4.98 Å². The first-order valence-electron chi connectivity index (χ1n) is 6.87. The number of fused-ring (bicyclic) bond motifs is 2. The van der Waals surface area contributed by atoms with Gasteiger partial charge in [-0.3, -0.25) is 9.78 Å². The summed E-state index contributed by atoms with van der Waals surface area (Å²) >= 11 is 0. The van der Waals surface area contributed by atoms with Crippen LogP contribution in [0.15, 0.2) is 53.5 Å². The van der Waals surface area contributed by atoms with Gasteiger partial charge in [0, 0.05) is 17.6 Å². The third-order valence-corrected chi connectivity index (χ3v) is 3.65. The van der Waals surface area contributed by atoms with E-state index < -0.39 is 17.2 Å². The lowest BCUT2D eigenvalue weighted by molar-refractivity contribution is 0.595. The van der Waals surface area contributed by atoms with Crippen molar-refractivity contribution in [3.8, 4) is 11.4 Å². The smallest absolute Gasteiger partial charge is 0.259 e. The summed E-state index contributed by atoms with van der Waals surface area (Å²) in [6.07, 6.45) is 1.46. The summed E-state index contributed by atoms with van der Waals surface area (Å²) in [6.45, 7) is 0. The molecule has 0 spiro atoms. The molecule has 23 heavy (non-hydrogen) atoms. The molecule has 0 aliphatic carbocycles. The summed E-state index contributed by atoms with van der Waals surface area (Å²) in [7, 11) is 0. The van der Waals surface area contributed by atoms with Crippen molar-refractivity contribution in [2.75, 3.05) is 0 Å². The topological polar surface area (TPSA) is 58.6 Å². The van der Waals surface area contributed by atoms with Gasteiger partial charge in [-0.05, 0) is 24.3 Å². The Morgan fingerprint density at radius 3 is 2.61 bits per heavy atom. The van der Waals surface area contributed by atoms with E-state index in [1.165, 1.54) is 12.3 Å². The molecule has 0 atom stereocenters. The second-order valence-electron chi connectivity index (χ2n) is 5.05. The molecule has 0 radical (unpaired) electrons. The van der Waals surface area contributed by atoms with Crippen molar-refractivity contribution in [2.24, 2.45) is 0 Å². The molecule has 0 bridgehead atoms. The Balaban J connectivity index is 2.08. The average Bonchev–Trinajstić information content (AvgIpc) is 2.55. The summed E-state index contributed by atoms with van der Waals surface area (Å²) in [5.74, 6) is -1.77. The molecule has 0 aliphatic rings. The van der Waals surface area contributed by atoms with Gasteiger partial charge in [0.1, 0.15) is 17.5 Å². The van der Waals surface area contributed by atoms with Crippen LogP contribution in [0.25, 0.3) is 33.2 Å². The molecule has 112 valence electrons. The predicted octanol–water partition coefficient (Wildman–Crippen LogP) is 3.42. The van der Waals surface area contributed by atoms with Crippen LogP contribution >= 0.6 is 0 Å². The van der Waals surface area contributed by atoms with Crippen LogP contribution in [0.4, 0.5) is 8.78 Å². The number of rotatable bonds is 1. The van der Waals surface area contributed by atoms with Gasteiger partial charge in [-0.2, -0.15) is 0 Å². The van der Waals surface area contributed by atoms with Crippen LogP contribution in [0.2, 0.25) is 0 Å². The third kappa shape index (κ3) is 2.07. The van der Waals surface area contributed by atoms with Gasteiger partial charge in [0.25, 0.3) is 5.56 Å². The molecule has 4 nitrogen and oxygen atoms in total. The number of hydrogen-bond acceptors (Lipinski definition) is 3. The van der Waals surface area contributed by atoms with Crippen molar-refractivity contribution >= 4 is 21.8 Å². The highest BCUT2D eigenvalue weighted by atomic mass is 19.1. The highest BCUT2D eigenvalue weighted by molar-refractivity contribution is 5.86. The number of hydrogen-bond donors (Lipinski definition) is 1. The Labute approximate surface area is 128 Å². The van der Waals surface area contributed by atoms with Crippen LogP contribution in [0, 0.1) is 11.6 Å². The van der Waals surface area contributed by atoms with Gasteiger partial charge in [-0.25, -0.2) is 13.8 Å². The number of aromatic amines is 1. The van der Waals surface area contributed by atoms with Crippen molar-refractivity contribution in [1.29, 1.82) is 0 Å². The zero-order chi connectivity index (χ0) is 16.0. The van der Waals surface area contributed by atoms with E-state index in [0.717, 1.165) is 6.07 Å². The minimum Gasteiger partial charge on any atom is -0.306 e. The molecule has 2 heterocycles. The zero-order valence-corrected chi connectivity index (χ0v) is 11.7. The number of halogens is 2. The van der Waals surface area contributed by atoms with Crippen LogP contribution in [0.1, 0.15) is 0 Å². The van der Waals surface area contributed by atoms with Crippen LogP contribution in [0.5, 0.6) is 0 Å². The molecule has 4 aromatic rings. The minimum absolute atomic E-state index is 0.144. The lowest BCUT2D eigenvalue weighted by atomic mass is 10.1. The quantitative estimate of drug-likeness (QED) is 0.586. The fourth-order valence-electron chi connectivity index (χ4n) is 2.57. The number of benzene rings is 2. The Morgan fingerprint density at radius 1 is 0.957 bits per heavy atom. The molecule has 1 N–H and O–H groups in total. The van der Waals surface area contributed by atoms with Crippen molar-refractivity contribution in [3.63, 3.8) is 0 Å². The van der Waals surface area contributed by atoms with Crippen molar-refractivity contribution in [2.45, 2.75) is 0 Å². The largest absolute Gasteiger partial charge is 0.306 e. The average molecular weight is 309 g/mol. The van der Waals surface area contributed by atoms with Crippen molar-refractivity contribution in [3.05, 3.63) is 70.6 Å². The van der Waals surface area contributed by atoms with Crippen molar-refractivity contribution in [1.82, 2.24) is 15.0 Å². The summed E-state index contributed by atoms with van der Waals surface area (Å²) in [5.41, 5.74) is -0.241. The zero-order valence-electron chi connectivity index (χ0n) is 11.7. The van der Waals surface area contributed by atoms with Crippen LogP contribution in [0.3, 0.4) is 0 Å². The van der Waals surface area contributed by atoms with Gasteiger partial charge in [0.05, 0.1) is 22.0 Å². The number of nitrogens with zero attached hydrogens (tertiary/aromatic N) is 2. The molecule has 0 aliphatic heterocycles. The second-order valence-corrected chi connectivity index (χ2v) is 5.05. The molecule has 0 fully saturated rings. The minimum atomic E-state index is -0.827. The molecule has 0 unspecified atom stereocenters. The fraction of sp³-hybridized carbons (Fsp3) is 0. The first-order chi connectivity index (χ1) is 11.1. The van der Waals surface area contributed by atoms with Crippen LogP contribution in [-0.4, -0.2) is 15.0 Å². The Morgan fingerprint density at radius 2 is 1.74 bits per heavy atom.